The van der Waals surface area contributed by atoms with Crippen molar-refractivity contribution in [1.82, 2.24) is 19.5 Å². The molecule has 22 nitrogen and oxygen atoms in total. The zero-order chi connectivity index (χ0) is 29.6. The van der Waals surface area contributed by atoms with E-state index in [4.69, 9.17) is 20.3 Å². The van der Waals surface area contributed by atoms with Crippen LogP contribution in [0.4, 0.5) is 5.82 Å². The monoisotopic (exact) mass is 639 g/mol. The summed E-state index contributed by atoms with van der Waals surface area (Å²) in [6, 6.07) is 0. The van der Waals surface area contributed by atoms with Gasteiger partial charge in [-0.2, -0.15) is 4.31 Å². The Morgan fingerprint density at radius 3 is 2.25 bits per heavy atom. The van der Waals surface area contributed by atoms with Crippen LogP contribution in [0.25, 0.3) is 11.2 Å². The first-order valence-electron chi connectivity index (χ1n) is 10.8. The number of fused-ring (bicyclic) bond motifs is 1. The average molecular weight is 639 g/mol. The van der Waals surface area contributed by atoms with E-state index >= 15 is 0 Å². The van der Waals surface area contributed by atoms with Gasteiger partial charge in [0.25, 0.3) is 0 Å². The Hall–Kier alpha value is -1.52. The van der Waals surface area contributed by atoms with Crippen molar-refractivity contribution in [2.75, 3.05) is 18.9 Å². The van der Waals surface area contributed by atoms with Crippen LogP contribution in [0.2, 0.25) is 0 Å². The molecule has 2 aliphatic heterocycles. The van der Waals surface area contributed by atoms with Gasteiger partial charge in [-0.25, -0.2) is 28.6 Å². The number of hydrogen-bond acceptors (Lipinski definition) is 17. The van der Waals surface area contributed by atoms with Crippen molar-refractivity contribution in [1.29, 1.82) is 0 Å². The van der Waals surface area contributed by atoms with E-state index in [9.17, 15) is 48.6 Å². The number of nitrogens with two attached hydrogens (primary N) is 1. The number of ether oxygens (including phenoxy) is 2. The molecule has 0 aliphatic carbocycles. The molecule has 2 aromatic rings. The molecule has 226 valence electrons. The molecule has 40 heavy (non-hydrogen) atoms. The Kier molecular flexibility index (Phi) is 9.14. The Labute approximate surface area is 222 Å². The quantitative estimate of drug-likeness (QED) is 0.109. The molecule has 10 atom stereocenters. The van der Waals surface area contributed by atoms with Crippen molar-refractivity contribution >= 4 is 40.4 Å². The van der Waals surface area contributed by atoms with Crippen molar-refractivity contribution in [2.24, 2.45) is 0 Å². The van der Waals surface area contributed by atoms with Crippen LogP contribution >= 0.6 is 23.5 Å². The molecule has 2 unspecified atom stereocenters. The number of nitrogen functional groups attached to an aromatic ring is 1. The second-order valence-corrected chi connectivity index (χ2v) is 12.5. The van der Waals surface area contributed by atoms with Gasteiger partial charge in [0, 0.05) is 0 Å². The molecule has 0 bridgehead atoms. The fraction of sp³-hybridized carbons (Fsp3) is 0.667. The van der Waals surface area contributed by atoms with Crippen molar-refractivity contribution in [2.45, 2.75) is 49.1 Å². The molecule has 0 radical (unpaired) electrons. The smallest absolute Gasteiger partial charge is 0.394 e. The van der Waals surface area contributed by atoms with Crippen molar-refractivity contribution in [3.05, 3.63) is 12.7 Å². The number of aliphatic hydroxyl groups excluding tert-OH is 4. The van der Waals surface area contributed by atoms with Gasteiger partial charge < -0.3 is 55.2 Å². The number of phosphoric ester groups is 3. The number of rotatable bonds is 11. The van der Waals surface area contributed by atoms with E-state index < -0.39 is 85.8 Å². The van der Waals surface area contributed by atoms with Crippen LogP contribution < -0.4 is 5.73 Å². The minimum absolute atomic E-state index is 0.00462. The summed E-state index contributed by atoms with van der Waals surface area (Å²) in [5.41, 5.74) is 5.79. The molecule has 2 fully saturated rings. The van der Waals surface area contributed by atoms with Gasteiger partial charge in [0.2, 0.25) is 0 Å². The molecule has 4 rings (SSSR count). The van der Waals surface area contributed by atoms with Crippen LogP contribution in [-0.4, -0.2) is 116 Å². The van der Waals surface area contributed by atoms with Gasteiger partial charge in [0.05, 0.1) is 19.5 Å². The first-order chi connectivity index (χ1) is 18.5. The predicted octanol–water partition coefficient (Wildman–Crippen LogP) is -3.17. The Balaban J connectivity index is 1.46. The molecule has 0 saturated carbocycles. The van der Waals surface area contributed by atoms with Gasteiger partial charge in [-0.15, -0.1) is 0 Å². The van der Waals surface area contributed by atoms with Crippen LogP contribution in [-0.2, 0) is 41.1 Å². The molecule has 25 heteroatoms. The number of hydrogen-bond donors (Lipinski definition) is 9. The van der Waals surface area contributed by atoms with E-state index in [0.717, 1.165) is 17.2 Å². The largest absolute Gasteiger partial charge is 0.483 e. The van der Waals surface area contributed by atoms with E-state index in [1.165, 1.54) is 0 Å². The zero-order valence-corrected chi connectivity index (χ0v) is 22.3. The second kappa shape index (κ2) is 11.6. The maximum Gasteiger partial charge on any atom is 0.483 e. The molecule has 0 amide bonds. The summed E-state index contributed by atoms with van der Waals surface area (Å²) in [7, 11) is -16.3. The van der Waals surface area contributed by atoms with Crippen LogP contribution in [0, 0.1) is 0 Å². The average Bonchev–Trinajstić information content (AvgIpc) is 3.47. The normalized spacial score (nSPS) is 34.2. The fourth-order valence-corrected chi connectivity index (χ4v) is 6.54. The molecular formula is C15H24N5O17P3. The van der Waals surface area contributed by atoms with E-state index in [-0.39, 0.29) is 17.0 Å². The predicted molar refractivity (Wildman–Crippen MR) is 122 cm³/mol. The van der Waals surface area contributed by atoms with Crippen molar-refractivity contribution < 1.29 is 81.1 Å². The summed E-state index contributed by atoms with van der Waals surface area (Å²) in [5.74, 6) is -0.0550. The third-order valence-electron chi connectivity index (χ3n) is 5.58. The maximum absolute atomic E-state index is 12.3. The first kappa shape index (κ1) is 31.4. The molecule has 0 aromatic carbocycles. The minimum atomic E-state index is -5.55. The van der Waals surface area contributed by atoms with Crippen LogP contribution in [0.3, 0.4) is 0 Å². The van der Waals surface area contributed by atoms with E-state index in [1.54, 1.807) is 0 Å². The molecule has 10 N–H and O–H groups in total. The second-order valence-electron chi connectivity index (χ2n) is 8.33. The molecule has 2 saturated heterocycles. The lowest BCUT2D eigenvalue weighted by atomic mass is 10.1. The molecule has 2 aliphatic rings. The lowest BCUT2D eigenvalue weighted by Crippen LogP contribution is -2.35. The van der Waals surface area contributed by atoms with Gasteiger partial charge in [0.15, 0.2) is 24.0 Å². The first-order valence-corrected chi connectivity index (χ1v) is 15.4. The third-order valence-corrected chi connectivity index (χ3v) is 8.70. The number of aromatic nitrogens is 4. The van der Waals surface area contributed by atoms with Gasteiger partial charge in [-0.05, 0) is 0 Å². The summed E-state index contributed by atoms with van der Waals surface area (Å²) in [6.07, 6.45) is -12.0. The Morgan fingerprint density at radius 2 is 1.62 bits per heavy atom. The van der Waals surface area contributed by atoms with Gasteiger partial charge in [0.1, 0.15) is 48.5 Å². The highest BCUT2D eigenvalue weighted by Crippen LogP contribution is 2.61. The van der Waals surface area contributed by atoms with Gasteiger partial charge in [-0.3, -0.25) is 18.1 Å². The standard InChI is InChI=1S/C15H24N5O17P3/c16-12-7-13(18-3-17-12)20(4-19-7)14-11(35-38(25,26)27)9(23)6(33-14)2-32-39(28,29)37-40(30,31)36-15-10(24)8(22)5(1-21)34-15/h3-6,8-11,14-15,21-24H,1-2H2,(H,28,29)(H,30,31)(H2,16,17,18)(H2,25,26,27)/t5-,6-,8-,9-,10-,11-,14-,15+/m1/s1. The highest BCUT2D eigenvalue weighted by atomic mass is 31.3. The summed E-state index contributed by atoms with van der Waals surface area (Å²) >= 11 is 0. The van der Waals surface area contributed by atoms with Crippen molar-refractivity contribution in [3.63, 3.8) is 0 Å². The lowest BCUT2D eigenvalue weighted by molar-refractivity contribution is -0.125. The van der Waals surface area contributed by atoms with Crippen molar-refractivity contribution in [3.8, 4) is 0 Å². The molecule has 4 heterocycles. The van der Waals surface area contributed by atoms with Crippen LogP contribution in [0.1, 0.15) is 6.23 Å². The zero-order valence-electron chi connectivity index (χ0n) is 19.6. The SMILES string of the molecule is Nc1ncnc2c1ncn2[C@@H]1O[C@H](COP(=O)(O)OP(=O)(O)O[C@@H]2O[C@H](CO)[C@@H](O)[C@H]2O)[C@@H](O)[C@H]1OP(=O)(O)O. The van der Waals surface area contributed by atoms with Gasteiger partial charge in [-0.1, -0.05) is 0 Å². The molecule has 2 aromatic heterocycles. The summed E-state index contributed by atoms with van der Waals surface area (Å²) in [4.78, 5) is 50.0. The maximum atomic E-state index is 12.3. The van der Waals surface area contributed by atoms with Crippen LogP contribution in [0.5, 0.6) is 0 Å². The molecule has 0 spiro atoms. The number of nitrogens with zero attached hydrogens (tertiary/aromatic N) is 4. The topological polar surface area (TPSA) is 338 Å². The van der Waals surface area contributed by atoms with E-state index in [0.29, 0.717) is 0 Å². The van der Waals surface area contributed by atoms with Crippen LogP contribution in [0.15, 0.2) is 12.7 Å². The van der Waals surface area contributed by atoms with E-state index in [2.05, 4.69) is 32.8 Å². The highest BCUT2D eigenvalue weighted by molar-refractivity contribution is 7.61. The summed E-state index contributed by atoms with van der Waals surface area (Å²) in [5, 5.41) is 39.2. The Bertz CT molecular complexity index is 1360. The molecular weight excluding hydrogens is 615 g/mol. The lowest BCUT2D eigenvalue weighted by Gasteiger charge is -2.22. The summed E-state index contributed by atoms with van der Waals surface area (Å²) < 4.78 is 65.3. The number of imidazole rings is 1. The third kappa shape index (κ3) is 6.92. The highest BCUT2D eigenvalue weighted by Gasteiger charge is 2.51. The fourth-order valence-electron chi connectivity index (χ4n) is 3.83. The number of anilines is 1. The number of phosphoric acid groups is 3. The van der Waals surface area contributed by atoms with E-state index in [1.807, 2.05) is 0 Å². The minimum Gasteiger partial charge on any atom is -0.394 e. The number of aliphatic hydroxyl groups is 4. The summed E-state index contributed by atoms with van der Waals surface area (Å²) in [6.45, 7) is -1.88. The Morgan fingerprint density at radius 1 is 0.925 bits per heavy atom. The van der Waals surface area contributed by atoms with Gasteiger partial charge >= 0.3 is 23.5 Å².